The van der Waals surface area contributed by atoms with E-state index >= 15 is 0 Å². The molecule has 0 aliphatic carbocycles. The van der Waals surface area contributed by atoms with Crippen molar-refractivity contribution in [3.63, 3.8) is 0 Å². The van der Waals surface area contributed by atoms with E-state index in [0.29, 0.717) is 22.6 Å². The number of nitrogens with zero attached hydrogens (tertiary/aromatic N) is 3. The lowest BCUT2D eigenvalue weighted by Gasteiger charge is -2.11. The standard InChI is InChI=1S/C16H14N6/c1-8-2-13-14(21-16(20)22-15(13)19)6-12(8)10-3-9(7-17)4-11(18)5-10/h2-6H,18H2,1H3,(H4,19,20,21,22). The fourth-order valence-electron chi connectivity index (χ4n) is 2.51. The Kier molecular flexibility index (Phi) is 3.04. The van der Waals surface area contributed by atoms with Gasteiger partial charge in [-0.15, -0.1) is 0 Å². The summed E-state index contributed by atoms with van der Waals surface area (Å²) >= 11 is 0. The van der Waals surface area contributed by atoms with E-state index in [1.54, 1.807) is 12.1 Å². The predicted molar refractivity (Wildman–Crippen MR) is 87.7 cm³/mol. The molecule has 6 N–H and O–H groups in total. The molecule has 0 aliphatic heterocycles. The number of nitrogen functional groups attached to an aromatic ring is 3. The van der Waals surface area contributed by atoms with Crippen molar-refractivity contribution in [2.75, 3.05) is 17.2 Å². The van der Waals surface area contributed by atoms with Gasteiger partial charge >= 0.3 is 0 Å². The predicted octanol–water partition coefficient (Wildman–Crippen LogP) is 2.22. The van der Waals surface area contributed by atoms with Crippen molar-refractivity contribution in [2.24, 2.45) is 0 Å². The monoisotopic (exact) mass is 290 g/mol. The molecule has 0 bridgehead atoms. The molecule has 0 spiro atoms. The number of nitrogens with two attached hydrogens (primary N) is 3. The molecular weight excluding hydrogens is 276 g/mol. The average Bonchev–Trinajstić information content (AvgIpc) is 2.46. The summed E-state index contributed by atoms with van der Waals surface area (Å²) in [4.78, 5) is 8.19. The van der Waals surface area contributed by atoms with E-state index in [4.69, 9.17) is 22.5 Å². The van der Waals surface area contributed by atoms with Crippen molar-refractivity contribution < 1.29 is 0 Å². The third-order valence-corrected chi connectivity index (χ3v) is 3.48. The van der Waals surface area contributed by atoms with Gasteiger partial charge in [-0.1, -0.05) is 0 Å². The molecule has 1 aromatic heterocycles. The molecule has 0 saturated heterocycles. The van der Waals surface area contributed by atoms with Crippen LogP contribution in [-0.2, 0) is 0 Å². The van der Waals surface area contributed by atoms with Crippen LogP contribution in [0.3, 0.4) is 0 Å². The van der Waals surface area contributed by atoms with Gasteiger partial charge < -0.3 is 17.2 Å². The van der Waals surface area contributed by atoms with E-state index in [9.17, 15) is 0 Å². The van der Waals surface area contributed by atoms with Crippen LogP contribution in [-0.4, -0.2) is 9.97 Å². The van der Waals surface area contributed by atoms with Crippen molar-refractivity contribution in [1.82, 2.24) is 9.97 Å². The van der Waals surface area contributed by atoms with Gasteiger partial charge in [0.15, 0.2) is 0 Å². The first kappa shape index (κ1) is 13.6. The van der Waals surface area contributed by atoms with Gasteiger partial charge in [0.25, 0.3) is 0 Å². The lowest BCUT2D eigenvalue weighted by atomic mass is 9.96. The Morgan fingerprint density at radius 2 is 1.77 bits per heavy atom. The summed E-state index contributed by atoms with van der Waals surface area (Å²) in [6, 6.07) is 11.2. The largest absolute Gasteiger partial charge is 0.399 e. The maximum absolute atomic E-state index is 9.09. The van der Waals surface area contributed by atoms with Crippen molar-refractivity contribution in [3.05, 3.63) is 41.5 Å². The minimum Gasteiger partial charge on any atom is -0.399 e. The van der Waals surface area contributed by atoms with Gasteiger partial charge in [0.1, 0.15) is 5.82 Å². The second-order valence-electron chi connectivity index (χ2n) is 5.11. The number of rotatable bonds is 1. The van der Waals surface area contributed by atoms with E-state index < -0.39 is 0 Å². The number of anilines is 3. The van der Waals surface area contributed by atoms with Crippen LogP contribution in [0.1, 0.15) is 11.1 Å². The first-order chi connectivity index (χ1) is 10.5. The Morgan fingerprint density at radius 1 is 1.00 bits per heavy atom. The Bertz CT molecular complexity index is 939. The minimum atomic E-state index is 0.130. The second kappa shape index (κ2) is 4.90. The van der Waals surface area contributed by atoms with Crippen LogP contribution >= 0.6 is 0 Å². The highest BCUT2D eigenvalue weighted by molar-refractivity contribution is 5.93. The summed E-state index contributed by atoms with van der Waals surface area (Å²) < 4.78 is 0. The van der Waals surface area contributed by atoms with Crippen LogP contribution in [0.2, 0.25) is 0 Å². The van der Waals surface area contributed by atoms with Gasteiger partial charge in [0.2, 0.25) is 5.95 Å². The van der Waals surface area contributed by atoms with Gasteiger partial charge in [-0.25, -0.2) is 4.98 Å². The van der Waals surface area contributed by atoms with Crippen LogP contribution in [0, 0.1) is 18.3 Å². The maximum atomic E-state index is 9.09. The molecule has 22 heavy (non-hydrogen) atoms. The van der Waals surface area contributed by atoms with E-state index in [-0.39, 0.29) is 5.95 Å². The van der Waals surface area contributed by atoms with Gasteiger partial charge in [-0.3, -0.25) is 0 Å². The third kappa shape index (κ3) is 2.25. The smallest absolute Gasteiger partial charge is 0.222 e. The molecule has 3 rings (SSSR count). The summed E-state index contributed by atoms with van der Waals surface area (Å²) in [6.07, 6.45) is 0. The zero-order valence-corrected chi connectivity index (χ0v) is 12.0. The fourth-order valence-corrected chi connectivity index (χ4v) is 2.51. The third-order valence-electron chi connectivity index (χ3n) is 3.48. The van der Waals surface area contributed by atoms with Crippen LogP contribution in [0.5, 0.6) is 0 Å². The molecule has 0 amide bonds. The van der Waals surface area contributed by atoms with Gasteiger partial charge in [-0.2, -0.15) is 10.2 Å². The molecule has 1 heterocycles. The molecule has 2 aromatic carbocycles. The molecule has 3 aromatic rings. The number of aromatic nitrogens is 2. The summed E-state index contributed by atoms with van der Waals surface area (Å²) in [6.45, 7) is 1.96. The van der Waals surface area contributed by atoms with Crippen molar-refractivity contribution in [2.45, 2.75) is 6.92 Å². The summed E-state index contributed by atoms with van der Waals surface area (Å²) in [5, 5.41) is 9.84. The molecule has 108 valence electrons. The molecule has 0 aliphatic rings. The molecule has 6 heteroatoms. The van der Waals surface area contributed by atoms with Gasteiger partial charge in [-0.05, 0) is 53.9 Å². The number of nitriles is 1. The fraction of sp³-hybridized carbons (Fsp3) is 0.0625. The molecule has 0 fully saturated rings. The van der Waals surface area contributed by atoms with E-state index in [1.807, 2.05) is 25.1 Å². The molecule has 0 unspecified atom stereocenters. The minimum absolute atomic E-state index is 0.130. The Hall–Kier alpha value is -3.33. The Balaban J connectivity index is 2.30. The number of hydrogen-bond donors (Lipinski definition) is 3. The molecule has 0 saturated carbocycles. The van der Waals surface area contributed by atoms with E-state index in [0.717, 1.165) is 22.1 Å². The highest BCUT2D eigenvalue weighted by Crippen LogP contribution is 2.31. The highest BCUT2D eigenvalue weighted by atomic mass is 15.0. The Morgan fingerprint density at radius 3 is 2.50 bits per heavy atom. The first-order valence-electron chi connectivity index (χ1n) is 6.62. The van der Waals surface area contributed by atoms with Crippen LogP contribution in [0.4, 0.5) is 17.5 Å². The summed E-state index contributed by atoms with van der Waals surface area (Å²) in [5.41, 5.74) is 21.9. The Labute approximate surface area is 127 Å². The zero-order valence-electron chi connectivity index (χ0n) is 12.0. The van der Waals surface area contributed by atoms with Crippen molar-refractivity contribution in [3.8, 4) is 17.2 Å². The topological polar surface area (TPSA) is 128 Å². The van der Waals surface area contributed by atoms with Crippen LogP contribution in [0.15, 0.2) is 30.3 Å². The quantitative estimate of drug-likeness (QED) is 0.589. The van der Waals surface area contributed by atoms with Crippen molar-refractivity contribution in [1.29, 1.82) is 5.26 Å². The van der Waals surface area contributed by atoms with E-state index in [2.05, 4.69) is 16.0 Å². The zero-order chi connectivity index (χ0) is 15.9. The lowest BCUT2D eigenvalue weighted by Crippen LogP contribution is -2.01. The molecule has 0 atom stereocenters. The number of benzene rings is 2. The second-order valence-corrected chi connectivity index (χ2v) is 5.11. The SMILES string of the molecule is Cc1cc2c(N)nc(N)nc2cc1-c1cc(N)cc(C#N)c1. The van der Waals surface area contributed by atoms with Crippen molar-refractivity contribution >= 4 is 28.4 Å². The molecule has 6 nitrogen and oxygen atoms in total. The van der Waals surface area contributed by atoms with Gasteiger partial charge in [0, 0.05) is 11.1 Å². The number of aryl methyl sites for hydroxylation is 1. The van der Waals surface area contributed by atoms with E-state index in [1.165, 1.54) is 0 Å². The summed E-state index contributed by atoms with van der Waals surface area (Å²) in [5.74, 6) is 0.479. The molecular formula is C16H14N6. The highest BCUT2D eigenvalue weighted by Gasteiger charge is 2.10. The first-order valence-corrected chi connectivity index (χ1v) is 6.62. The van der Waals surface area contributed by atoms with Crippen LogP contribution in [0.25, 0.3) is 22.0 Å². The average molecular weight is 290 g/mol. The number of hydrogen-bond acceptors (Lipinski definition) is 6. The number of fused-ring (bicyclic) bond motifs is 1. The van der Waals surface area contributed by atoms with Gasteiger partial charge in [0.05, 0.1) is 17.1 Å². The maximum Gasteiger partial charge on any atom is 0.222 e. The van der Waals surface area contributed by atoms with Crippen LogP contribution < -0.4 is 17.2 Å². The molecule has 0 radical (unpaired) electrons. The summed E-state index contributed by atoms with van der Waals surface area (Å²) in [7, 11) is 0. The lowest BCUT2D eigenvalue weighted by molar-refractivity contribution is 1.24. The normalized spacial score (nSPS) is 10.5.